The van der Waals surface area contributed by atoms with Crippen LogP contribution in [0.3, 0.4) is 0 Å². The van der Waals surface area contributed by atoms with Gasteiger partial charge in [-0.15, -0.1) is 0 Å². The molecular weight excluding hydrogens is 526 g/mol. The van der Waals surface area contributed by atoms with Crippen molar-refractivity contribution < 1.29 is 26.4 Å². The van der Waals surface area contributed by atoms with Gasteiger partial charge in [0, 0.05) is 24.5 Å². The number of hydrogen-bond acceptors (Lipinski definition) is 6. The van der Waals surface area contributed by atoms with Gasteiger partial charge in [-0.05, 0) is 98.5 Å². The Hall–Kier alpha value is -3.41. The van der Waals surface area contributed by atoms with Gasteiger partial charge in [0.05, 0.1) is 22.8 Å². The first-order valence-electron chi connectivity index (χ1n) is 12.1. The van der Waals surface area contributed by atoms with Crippen LogP contribution in [0.4, 0.5) is 11.4 Å². The Kier molecular flexibility index (Phi) is 8.10. The number of methoxy groups -OCH3 is 1. The molecule has 1 aliphatic rings. The van der Waals surface area contributed by atoms with Crippen molar-refractivity contribution in [2.75, 3.05) is 30.2 Å². The minimum absolute atomic E-state index is 0.0585. The van der Waals surface area contributed by atoms with Gasteiger partial charge in [0.1, 0.15) is 5.75 Å². The fourth-order valence-electron chi connectivity index (χ4n) is 4.25. The van der Waals surface area contributed by atoms with E-state index in [9.17, 15) is 21.6 Å². The third-order valence-corrected chi connectivity index (χ3v) is 9.92. The Morgan fingerprint density at radius 1 is 0.868 bits per heavy atom. The number of amides is 1. The first-order valence-corrected chi connectivity index (χ1v) is 15.1. The highest BCUT2D eigenvalue weighted by molar-refractivity contribution is 7.92. The van der Waals surface area contributed by atoms with Crippen LogP contribution < -0.4 is 14.8 Å². The van der Waals surface area contributed by atoms with Crippen molar-refractivity contribution in [2.24, 2.45) is 5.92 Å². The monoisotopic (exact) mass is 557 g/mol. The molecule has 1 heterocycles. The number of piperidine rings is 1. The fraction of sp³-hybridized carbons (Fsp3) is 0.296. The van der Waals surface area contributed by atoms with E-state index in [0.29, 0.717) is 36.5 Å². The molecule has 9 nitrogen and oxygen atoms in total. The fourth-order valence-corrected chi connectivity index (χ4v) is 6.83. The SMILES string of the molecule is COc1ccc(S(=O)(=O)N2CCC[C@@H](C(=O)Nc3ccc(S(=O)(=O)Nc4ccc(C)c(C)c4)cc3)C2)cc1. The molecular formula is C27H31N3O6S2. The zero-order chi connectivity index (χ0) is 27.5. The number of aryl methyl sites for hydroxylation is 2. The van der Waals surface area contributed by atoms with E-state index in [1.807, 2.05) is 19.9 Å². The maximum atomic E-state index is 13.1. The molecule has 1 amide bonds. The molecule has 0 unspecified atom stereocenters. The van der Waals surface area contributed by atoms with Gasteiger partial charge in [0.25, 0.3) is 10.0 Å². The number of sulfonamides is 2. The third-order valence-electron chi connectivity index (χ3n) is 6.64. The molecule has 202 valence electrons. The molecule has 11 heteroatoms. The first kappa shape index (κ1) is 27.6. The van der Waals surface area contributed by atoms with Crippen molar-refractivity contribution in [1.82, 2.24) is 4.31 Å². The first-order chi connectivity index (χ1) is 18.0. The number of anilines is 2. The van der Waals surface area contributed by atoms with E-state index in [2.05, 4.69) is 10.0 Å². The quantitative estimate of drug-likeness (QED) is 0.429. The second kappa shape index (κ2) is 11.1. The summed E-state index contributed by atoms with van der Waals surface area (Å²) in [5.41, 5.74) is 2.93. The number of carbonyl (C=O) groups excluding carboxylic acids is 1. The van der Waals surface area contributed by atoms with Crippen LogP contribution in [0.5, 0.6) is 5.75 Å². The van der Waals surface area contributed by atoms with Gasteiger partial charge < -0.3 is 10.1 Å². The molecule has 1 aliphatic heterocycles. The van der Waals surface area contributed by atoms with Crippen molar-refractivity contribution in [3.63, 3.8) is 0 Å². The molecule has 1 saturated heterocycles. The summed E-state index contributed by atoms with van der Waals surface area (Å²) in [7, 11) is -6.06. The van der Waals surface area contributed by atoms with Gasteiger partial charge in [-0.2, -0.15) is 4.31 Å². The van der Waals surface area contributed by atoms with Gasteiger partial charge in [0.15, 0.2) is 0 Å². The molecule has 0 aliphatic carbocycles. The van der Waals surface area contributed by atoms with Crippen molar-refractivity contribution in [3.8, 4) is 5.75 Å². The lowest BCUT2D eigenvalue weighted by Gasteiger charge is -2.31. The number of carbonyl (C=O) groups is 1. The number of hydrogen-bond donors (Lipinski definition) is 2. The topological polar surface area (TPSA) is 122 Å². The summed E-state index contributed by atoms with van der Waals surface area (Å²) in [6.45, 7) is 4.25. The summed E-state index contributed by atoms with van der Waals surface area (Å²) < 4.78 is 60.8. The lowest BCUT2D eigenvalue weighted by molar-refractivity contribution is -0.120. The van der Waals surface area contributed by atoms with Crippen LogP contribution in [0.25, 0.3) is 0 Å². The van der Waals surface area contributed by atoms with E-state index < -0.39 is 26.0 Å². The van der Waals surface area contributed by atoms with Crippen molar-refractivity contribution in [2.45, 2.75) is 36.5 Å². The van der Waals surface area contributed by atoms with E-state index in [-0.39, 0.29) is 22.2 Å². The predicted octanol–water partition coefficient (Wildman–Crippen LogP) is 4.15. The Labute approximate surface area is 223 Å². The van der Waals surface area contributed by atoms with E-state index in [1.165, 1.54) is 47.8 Å². The lowest BCUT2D eigenvalue weighted by Crippen LogP contribution is -2.43. The number of benzene rings is 3. The van der Waals surface area contributed by atoms with Gasteiger partial charge in [-0.1, -0.05) is 6.07 Å². The summed E-state index contributed by atoms with van der Waals surface area (Å²) >= 11 is 0. The minimum Gasteiger partial charge on any atom is -0.497 e. The molecule has 0 spiro atoms. The molecule has 3 aromatic rings. The van der Waals surface area contributed by atoms with Crippen LogP contribution in [0.2, 0.25) is 0 Å². The Balaban J connectivity index is 1.40. The van der Waals surface area contributed by atoms with E-state index in [4.69, 9.17) is 4.74 Å². The van der Waals surface area contributed by atoms with E-state index in [1.54, 1.807) is 24.3 Å². The van der Waals surface area contributed by atoms with Gasteiger partial charge in [-0.25, -0.2) is 16.8 Å². The van der Waals surface area contributed by atoms with Gasteiger partial charge >= 0.3 is 0 Å². The average Bonchev–Trinajstić information content (AvgIpc) is 2.91. The Bertz CT molecular complexity index is 1520. The molecule has 1 atom stereocenters. The number of rotatable bonds is 8. The highest BCUT2D eigenvalue weighted by Crippen LogP contribution is 2.26. The smallest absolute Gasteiger partial charge is 0.261 e. The molecule has 0 saturated carbocycles. The molecule has 1 fully saturated rings. The normalized spacial score (nSPS) is 16.6. The summed E-state index contributed by atoms with van der Waals surface area (Å²) in [5.74, 6) is -0.296. The molecule has 38 heavy (non-hydrogen) atoms. The van der Waals surface area contributed by atoms with Crippen LogP contribution in [-0.4, -0.2) is 47.2 Å². The predicted molar refractivity (Wildman–Crippen MR) is 146 cm³/mol. The van der Waals surface area contributed by atoms with Crippen molar-refractivity contribution in [1.29, 1.82) is 0 Å². The summed E-state index contributed by atoms with van der Waals surface area (Å²) in [6.07, 6.45) is 1.10. The zero-order valence-electron chi connectivity index (χ0n) is 21.5. The second-order valence-corrected chi connectivity index (χ2v) is 12.9. The van der Waals surface area contributed by atoms with E-state index >= 15 is 0 Å². The molecule has 3 aromatic carbocycles. The van der Waals surface area contributed by atoms with Crippen LogP contribution in [0.15, 0.2) is 76.5 Å². The van der Waals surface area contributed by atoms with Crippen molar-refractivity contribution in [3.05, 3.63) is 77.9 Å². The third kappa shape index (κ3) is 6.17. The molecule has 0 bridgehead atoms. The summed E-state index contributed by atoms with van der Waals surface area (Å²) in [6, 6.07) is 17.3. The summed E-state index contributed by atoms with van der Waals surface area (Å²) in [4.78, 5) is 13.2. The lowest BCUT2D eigenvalue weighted by atomic mass is 9.99. The second-order valence-electron chi connectivity index (χ2n) is 9.30. The molecule has 0 radical (unpaired) electrons. The molecule has 2 N–H and O–H groups in total. The highest BCUT2D eigenvalue weighted by atomic mass is 32.2. The zero-order valence-corrected chi connectivity index (χ0v) is 23.1. The van der Waals surface area contributed by atoms with Crippen LogP contribution >= 0.6 is 0 Å². The number of ether oxygens (including phenoxy) is 1. The molecule has 4 rings (SSSR count). The maximum absolute atomic E-state index is 13.1. The standard InChI is InChI=1S/C27H31N3O6S2/c1-19-6-7-23(17-20(19)2)29-37(32,33)25-12-8-22(9-13-25)28-27(31)21-5-4-16-30(18-21)38(34,35)26-14-10-24(36-3)11-15-26/h6-15,17,21,29H,4-5,16,18H2,1-3H3,(H,28,31)/t21-/m1/s1. The number of nitrogens with zero attached hydrogens (tertiary/aromatic N) is 1. The average molecular weight is 558 g/mol. The molecule has 0 aromatic heterocycles. The number of nitrogens with one attached hydrogen (secondary N) is 2. The van der Waals surface area contributed by atoms with Crippen LogP contribution in [0.1, 0.15) is 24.0 Å². The highest BCUT2D eigenvalue weighted by Gasteiger charge is 2.33. The Morgan fingerprint density at radius 2 is 1.50 bits per heavy atom. The Morgan fingerprint density at radius 3 is 2.13 bits per heavy atom. The minimum atomic E-state index is -3.81. The van der Waals surface area contributed by atoms with Crippen LogP contribution in [-0.2, 0) is 24.8 Å². The van der Waals surface area contributed by atoms with E-state index in [0.717, 1.165) is 11.1 Å². The van der Waals surface area contributed by atoms with Crippen molar-refractivity contribution >= 4 is 37.3 Å². The summed E-state index contributed by atoms with van der Waals surface area (Å²) in [5, 5.41) is 2.79. The van der Waals surface area contributed by atoms with Crippen LogP contribution in [0, 0.1) is 19.8 Å². The van der Waals surface area contributed by atoms with Gasteiger partial charge in [0.2, 0.25) is 15.9 Å². The van der Waals surface area contributed by atoms with Gasteiger partial charge in [-0.3, -0.25) is 9.52 Å². The largest absolute Gasteiger partial charge is 0.497 e. The maximum Gasteiger partial charge on any atom is 0.261 e.